The lowest BCUT2D eigenvalue weighted by Gasteiger charge is -2.64. The van der Waals surface area contributed by atoms with E-state index in [4.69, 9.17) is 4.74 Å². The summed E-state index contributed by atoms with van der Waals surface area (Å²) in [5.41, 5.74) is 3.80. The van der Waals surface area contributed by atoms with Crippen LogP contribution in [0.4, 0.5) is 0 Å². The van der Waals surface area contributed by atoms with Crippen molar-refractivity contribution in [2.75, 3.05) is 13.1 Å². The van der Waals surface area contributed by atoms with Crippen LogP contribution in [0.25, 0.3) is 10.9 Å². The standard InChI is InChI=1S/C27H29N3O2/c1-2-27-17-30-13-11-20(27)15-24(30)25(32-27)21-10-12-28-23-9-8-19(14-22(21)23)26(31)29-16-18-6-4-3-5-7-18/h3-10,12,14,20,24-25H,2,11,13,15-17H2,1H3,(H,29,31)/t20?,24?,25-,27?/m0/s1. The van der Waals surface area contributed by atoms with Crippen LogP contribution in [-0.2, 0) is 11.3 Å². The third kappa shape index (κ3) is 3.14. The number of nitrogens with one attached hydrogen (secondary N) is 1. The Balaban J connectivity index is 1.32. The van der Waals surface area contributed by atoms with Gasteiger partial charge in [-0.2, -0.15) is 0 Å². The van der Waals surface area contributed by atoms with E-state index in [0.29, 0.717) is 24.1 Å². The number of benzene rings is 2. The fourth-order valence-corrected chi connectivity index (χ4v) is 6.16. The molecule has 5 nitrogen and oxygen atoms in total. The summed E-state index contributed by atoms with van der Waals surface area (Å²) in [5.74, 6) is 0.607. The van der Waals surface area contributed by atoms with Crippen molar-refractivity contribution >= 4 is 16.8 Å². The molecule has 164 valence electrons. The minimum absolute atomic E-state index is 0.0298. The fraction of sp³-hybridized carbons (Fsp3) is 0.407. The van der Waals surface area contributed by atoms with Crippen molar-refractivity contribution in [2.45, 2.75) is 50.5 Å². The number of amides is 1. The van der Waals surface area contributed by atoms with Crippen molar-refractivity contribution in [3.05, 3.63) is 77.5 Å². The molecule has 8 rings (SSSR count). The molecule has 4 bridgehead atoms. The van der Waals surface area contributed by atoms with Gasteiger partial charge < -0.3 is 10.1 Å². The van der Waals surface area contributed by atoms with Crippen LogP contribution >= 0.6 is 0 Å². The number of piperidine rings is 3. The lowest BCUT2D eigenvalue weighted by molar-refractivity contribution is -0.274. The first-order chi connectivity index (χ1) is 15.7. The highest BCUT2D eigenvalue weighted by atomic mass is 16.5. The molecule has 5 saturated heterocycles. The quantitative estimate of drug-likeness (QED) is 0.652. The molecule has 5 fully saturated rings. The Labute approximate surface area is 188 Å². The number of carbonyl (C=O) groups excluding carboxylic acids is 1. The van der Waals surface area contributed by atoms with Gasteiger partial charge in [-0.15, -0.1) is 0 Å². The maximum atomic E-state index is 12.9. The largest absolute Gasteiger partial charge is 0.364 e. The van der Waals surface area contributed by atoms with E-state index < -0.39 is 0 Å². The predicted molar refractivity (Wildman–Crippen MR) is 124 cm³/mol. The molecule has 4 unspecified atom stereocenters. The van der Waals surface area contributed by atoms with Gasteiger partial charge in [0.05, 0.1) is 17.2 Å². The van der Waals surface area contributed by atoms with Gasteiger partial charge in [0.15, 0.2) is 0 Å². The number of hydrogen-bond acceptors (Lipinski definition) is 4. The van der Waals surface area contributed by atoms with Crippen molar-refractivity contribution < 1.29 is 9.53 Å². The fourth-order valence-electron chi connectivity index (χ4n) is 6.16. The highest BCUT2D eigenvalue weighted by Gasteiger charge is 2.58. The molecular weight excluding hydrogens is 398 g/mol. The SMILES string of the molecule is CCC12CN3CCC1CC3[C@H](c1ccnc3ccc(C(=O)NCc4ccccc4)cc13)O2. The minimum Gasteiger partial charge on any atom is -0.364 e. The second-order valence-corrected chi connectivity index (χ2v) is 9.52. The normalized spacial score (nSPS) is 30.5. The van der Waals surface area contributed by atoms with Gasteiger partial charge in [-0.25, -0.2) is 0 Å². The molecule has 2 aromatic carbocycles. The summed E-state index contributed by atoms with van der Waals surface area (Å²) in [6.07, 6.45) is 5.42. The molecule has 3 aromatic rings. The maximum Gasteiger partial charge on any atom is 0.251 e. The maximum absolute atomic E-state index is 12.9. The van der Waals surface area contributed by atoms with Gasteiger partial charge in [0.1, 0.15) is 0 Å². The average Bonchev–Trinajstić information content (AvgIpc) is 2.87. The third-order valence-corrected chi connectivity index (χ3v) is 7.92. The summed E-state index contributed by atoms with van der Waals surface area (Å²) in [6, 6.07) is 18.3. The van der Waals surface area contributed by atoms with Crippen LogP contribution in [0, 0.1) is 5.92 Å². The highest BCUT2D eigenvalue weighted by Crippen LogP contribution is 2.54. The summed E-state index contributed by atoms with van der Waals surface area (Å²) in [7, 11) is 0. The van der Waals surface area contributed by atoms with Crippen molar-refractivity contribution in [1.29, 1.82) is 0 Å². The van der Waals surface area contributed by atoms with Crippen LogP contribution in [0.15, 0.2) is 60.8 Å². The Hall–Kier alpha value is -2.76. The van der Waals surface area contributed by atoms with E-state index in [2.05, 4.69) is 28.2 Å². The molecule has 5 aliphatic rings. The van der Waals surface area contributed by atoms with Gasteiger partial charge in [-0.3, -0.25) is 14.7 Å². The molecule has 1 N–H and O–H groups in total. The summed E-state index contributed by atoms with van der Waals surface area (Å²) >= 11 is 0. The van der Waals surface area contributed by atoms with Crippen LogP contribution < -0.4 is 5.32 Å². The molecule has 5 heteroatoms. The summed E-state index contributed by atoms with van der Waals surface area (Å²) in [4.78, 5) is 20.1. The Bertz CT molecular complexity index is 1160. The second kappa shape index (κ2) is 7.68. The number of aromatic nitrogens is 1. The van der Waals surface area contributed by atoms with E-state index in [0.717, 1.165) is 29.4 Å². The summed E-state index contributed by atoms with van der Waals surface area (Å²) in [5, 5.41) is 4.07. The second-order valence-electron chi connectivity index (χ2n) is 9.52. The number of carbonyl (C=O) groups is 1. The van der Waals surface area contributed by atoms with Crippen molar-refractivity contribution in [3.63, 3.8) is 0 Å². The van der Waals surface area contributed by atoms with E-state index in [1.54, 1.807) is 0 Å². The van der Waals surface area contributed by atoms with Crippen LogP contribution in [0.5, 0.6) is 0 Å². The minimum atomic E-state index is -0.0653. The zero-order valence-electron chi connectivity index (χ0n) is 18.5. The van der Waals surface area contributed by atoms with E-state index in [9.17, 15) is 4.79 Å². The van der Waals surface area contributed by atoms with E-state index in [1.807, 2.05) is 54.7 Å². The van der Waals surface area contributed by atoms with Gasteiger partial charge in [0.2, 0.25) is 0 Å². The van der Waals surface area contributed by atoms with E-state index >= 15 is 0 Å². The Kier molecular flexibility index (Phi) is 4.77. The topological polar surface area (TPSA) is 54.5 Å². The van der Waals surface area contributed by atoms with Crippen LogP contribution in [0.3, 0.4) is 0 Å². The van der Waals surface area contributed by atoms with Crippen LogP contribution in [0.1, 0.15) is 53.8 Å². The van der Waals surface area contributed by atoms with Crippen LogP contribution in [0.2, 0.25) is 0 Å². The molecule has 1 aromatic heterocycles. The first-order valence-corrected chi connectivity index (χ1v) is 11.8. The van der Waals surface area contributed by atoms with Gasteiger partial charge >= 0.3 is 0 Å². The summed E-state index contributed by atoms with van der Waals surface area (Å²) in [6.45, 7) is 5.01. The van der Waals surface area contributed by atoms with Gasteiger partial charge in [0.25, 0.3) is 5.91 Å². The first kappa shape index (κ1) is 19.9. The number of hydrogen-bond donors (Lipinski definition) is 1. The number of rotatable bonds is 5. The van der Waals surface area contributed by atoms with Crippen molar-refractivity contribution in [2.24, 2.45) is 5.92 Å². The zero-order chi connectivity index (χ0) is 21.7. The number of nitrogens with zero attached hydrogens (tertiary/aromatic N) is 2. The number of pyridine rings is 1. The average molecular weight is 428 g/mol. The monoisotopic (exact) mass is 427 g/mol. The highest BCUT2D eigenvalue weighted by molar-refractivity contribution is 5.98. The van der Waals surface area contributed by atoms with E-state index in [1.165, 1.54) is 24.9 Å². The molecule has 32 heavy (non-hydrogen) atoms. The zero-order valence-corrected chi connectivity index (χ0v) is 18.5. The van der Waals surface area contributed by atoms with Gasteiger partial charge in [-0.05, 0) is 67.1 Å². The Morgan fingerprint density at radius 2 is 2.09 bits per heavy atom. The predicted octanol–water partition coefficient (Wildman–Crippen LogP) is 4.48. The molecule has 6 heterocycles. The molecule has 0 spiro atoms. The lowest BCUT2D eigenvalue weighted by Crippen LogP contribution is -2.70. The third-order valence-electron chi connectivity index (χ3n) is 7.92. The van der Waals surface area contributed by atoms with Gasteiger partial charge in [0, 0.05) is 36.3 Å². The van der Waals surface area contributed by atoms with Crippen molar-refractivity contribution in [3.8, 4) is 0 Å². The molecule has 5 aliphatic heterocycles. The summed E-state index contributed by atoms with van der Waals surface area (Å²) < 4.78 is 6.89. The Morgan fingerprint density at radius 3 is 2.88 bits per heavy atom. The molecule has 0 saturated carbocycles. The number of fused-ring (bicyclic) bond motifs is 3. The van der Waals surface area contributed by atoms with Crippen molar-refractivity contribution in [1.82, 2.24) is 15.2 Å². The number of ether oxygens (including phenoxy) is 1. The first-order valence-electron chi connectivity index (χ1n) is 11.8. The molecular formula is C27H29N3O2. The van der Waals surface area contributed by atoms with Crippen LogP contribution in [-0.4, -0.2) is 40.5 Å². The number of morpholine rings is 1. The van der Waals surface area contributed by atoms with Gasteiger partial charge in [-0.1, -0.05) is 37.3 Å². The lowest BCUT2D eigenvalue weighted by atomic mass is 9.66. The molecule has 0 aliphatic carbocycles. The van der Waals surface area contributed by atoms with E-state index in [-0.39, 0.29) is 17.6 Å². The molecule has 1 amide bonds. The molecule has 0 radical (unpaired) electrons. The Morgan fingerprint density at radius 1 is 1.22 bits per heavy atom. The smallest absolute Gasteiger partial charge is 0.251 e. The molecule has 5 atom stereocenters.